The lowest BCUT2D eigenvalue weighted by molar-refractivity contribution is -0.132. The maximum Gasteiger partial charge on any atom is 0.222 e. The van der Waals surface area contributed by atoms with Crippen LogP contribution in [-0.2, 0) is 4.79 Å². The summed E-state index contributed by atoms with van der Waals surface area (Å²) in [5, 5.41) is 3.31. The summed E-state index contributed by atoms with van der Waals surface area (Å²) >= 11 is 0. The Morgan fingerprint density at radius 2 is 1.55 bits per heavy atom. The van der Waals surface area contributed by atoms with Crippen LogP contribution in [0.5, 0.6) is 0 Å². The van der Waals surface area contributed by atoms with Gasteiger partial charge < -0.3 is 10.2 Å². The van der Waals surface area contributed by atoms with E-state index in [0.29, 0.717) is 11.9 Å². The van der Waals surface area contributed by atoms with Crippen LogP contribution < -0.4 is 5.32 Å². The number of amides is 1. The Kier molecular flexibility index (Phi) is 9.73. The molecule has 1 heterocycles. The van der Waals surface area contributed by atoms with Gasteiger partial charge in [-0.05, 0) is 26.3 Å². The SMILES string of the molecule is CCCCCCCCCCC(=O)N1CCC(NC)CC1. The normalized spacial score (nSPS) is 16.6. The maximum absolute atomic E-state index is 12.1. The molecule has 0 spiro atoms. The van der Waals surface area contributed by atoms with Crippen LogP contribution in [0.1, 0.15) is 77.6 Å². The van der Waals surface area contributed by atoms with Gasteiger partial charge in [-0.15, -0.1) is 0 Å². The minimum absolute atomic E-state index is 0.380. The first-order chi connectivity index (χ1) is 9.77. The van der Waals surface area contributed by atoms with Crippen molar-refractivity contribution in [1.29, 1.82) is 0 Å². The highest BCUT2D eigenvalue weighted by Gasteiger charge is 2.20. The summed E-state index contributed by atoms with van der Waals surface area (Å²) in [7, 11) is 2.02. The fourth-order valence-electron chi connectivity index (χ4n) is 2.99. The Balaban J connectivity index is 1.95. The minimum atomic E-state index is 0.380. The summed E-state index contributed by atoms with van der Waals surface area (Å²) in [6.45, 7) is 4.15. The van der Waals surface area contributed by atoms with Crippen molar-refractivity contribution in [2.75, 3.05) is 20.1 Å². The first-order valence-corrected chi connectivity index (χ1v) is 8.73. The second kappa shape index (κ2) is 11.1. The molecule has 1 N–H and O–H groups in total. The quantitative estimate of drug-likeness (QED) is 0.619. The maximum atomic E-state index is 12.1. The number of hydrogen-bond acceptors (Lipinski definition) is 2. The Morgan fingerprint density at radius 1 is 1.00 bits per heavy atom. The van der Waals surface area contributed by atoms with Crippen LogP contribution in [0.15, 0.2) is 0 Å². The van der Waals surface area contributed by atoms with E-state index in [9.17, 15) is 4.79 Å². The number of likely N-dealkylation sites (tertiary alicyclic amines) is 1. The zero-order chi connectivity index (χ0) is 14.6. The molecule has 3 nitrogen and oxygen atoms in total. The Labute approximate surface area is 125 Å². The topological polar surface area (TPSA) is 32.3 Å². The number of nitrogens with zero attached hydrogens (tertiary/aromatic N) is 1. The van der Waals surface area contributed by atoms with Crippen molar-refractivity contribution in [2.24, 2.45) is 0 Å². The number of hydrogen-bond donors (Lipinski definition) is 1. The number of nitrogens with one attached hydrogen (secondary N) is 1. The second-order valence-corrected chi connectivity index (χ2v) is 6.17. The Bertz CT molecular complexity index is 247. The highest BCUT2D eigenvalue weighted by molar-refractivity contribution is 5.76. The van der Waals surface area contributed by atoms with Crippen molar-refractivity contribution in [3.05, 3.63) is 0 Å². The molecule has 1 fully saturated rings. The molecule has 3 heteroatoms. The van der Waals surface area contributed by atoms with Gasteiger partial charge in [0.25, 0.3) is 0 Å². The van der Waals surface area contributed by atoms with Gasteiger partial charge in [0.2, 0.25) is 5.91 Å². The lowest BCUT2D eigenvalue weighted by atomic mass is 10.0. The average Bonchev–Trinajstić information content (AvgIpc) is 2.50. The standard InChI is InChI=1S/C17H34N2O/c1-3-4-5-6-7-8-9-10-11-17(20)19-14-12-16(18-2)13-15-19/h16,18H,3-15H2,1-2H3. The molecule has 0 saturated carbocycles. The smallest absolute Gasteiger partial charge is 0.222 e. The van der Waals surface area contributed by atoms with Crippen molar-refractivity contribution in [1.82, 2.24) is 10.2 Å². The lowest BCUT2D eigenvalue weighted by Crippen LogP contribution is -2.43. The molecule has 0 aromatic rings. The number of unbranched alkanes of at least 4 members (excludes halogenated alkanes) is 7. The summed E-state index contributed by atoms with van der Waals surface area (Å²) < 4.78 is 0. The molecule has 0 aliphatic carbocycles. The third kappa shape index (κ3) is 7.28. The van der Waals surface area contributed by atoms with Crippen molar-refractivity contribution < 1.29 is 4.79 Å². The van der Waals surface area contributed by atoms with Crippen LogP contribution in [0.2, 0.25) is 0 Å². The van der Waals surface area contributed by atoms with E-state index in [1.165, 1.54) is 44.9 Å². The monoisotopic (exact) mass is 282 g/mol. The van der Waals surface area contributed by atoms with E-state index in [2.05, 4.69) is 17.1 Å². The van der Waals surface area contributed by atoms with E-state index < -0.39 is 0 Å². The first kappa shape index (κ1) is 17.5. The number of carbonyl (C=O) groups excluding carboxylic acids is 1. The molecule has 1 saturated heterocycles. The van der Waals surface area contributed by atoms with Crippen LogP contribution in [-0.4, -0.2) is 37.0 Å². The molecule has 1 aliphatic heterocycles. The Morgan fingerprint density at radius 3 is 2.10 bits per heavy atom. The zero-order valence-corrected chi connectivity index (χ0v) is 13.6. The summed E-state index contributed by atoms with van der Waals surface area (Å²) in [6.07, 6.45) is 13.4. The van der Waals surface area contributed by atoms with Crippen molar-refractivity contribution in [2.45, 2.75) is 83.6 Å². The molecule has 0 aromatic carbocycles. The molecule has 0 aromatic heterocycles. The van der Waals surface area contributed by atoms with Gasteiger partial charge >= 0.3 is 0 Å². The average molecular weight is 282 g/mol. The van der Waals surface area contributed by atoms with Crippen molar-refractivity contribution in [3.63, 3.8) is 0 Å². The fourth-order valence-corrected chi connectivity index (χ4v) is 2.99. The molecule has 1 aliphatic rings. The molecule has 118 valence electrons. The summed E-state index contributed by atoms with van der Waals surface area (Å²) in [6, 6.07) is 0.613. The van der Waals surface area contributed by atoms with Gasteiger partial charge in [0.05, 0.1) is 0 Å². The van der Waals surface area contributed by atoms with Crippen LogP contribution in [0.4, 0.5) is 0 Å². The predicted octanol–water partition coefficient (Wildman–Crippen LogP) is 3.73. The molecule has 0 unspecified atom stereocenters. The molecule has 0 radical (unpaired) electrons. The van der Waals surface area contributed by atoms with Gasteiger partial charge in [0.1, 0.15) is 0 Å². The minimum Gasteiger partial charge on any atom is -0.343 e. The number of carbonyl (C=O) groups is 1. The van der Waals surface area contributed by atoms with E-state index in [1.54, 1.807) is 0 Å². The van der Waals surface area contributed by atoms with Gasteiger partial charge in [-0.3, -0.25) is 4.79 Å². The predicted molar refractivity (Wildman–Crippen MR) is 85.9 cm³/mol. The highest BCUT2D eigenvalue weighted by Crippen LogP contribution is 2.14. The van der Waals surface area contributed by atoms with Crippen LogP contribution in [0.3, 0.4) is 0 Å². The molecular formula is C17H34N2O. The molecule has 1 rings (SSSR count). The summed E-state index contributed by atoms with van der Waals surface area (Å²) in [5.41, 5.74) is 0. The van der Waals surface area contributed by atoms with E-state index >= 15 is 0 Å². The van der Waals surface area contributed by atoms with E-state index in [4.69, 9.17) is 0 Å². The largest absolute Gasteiger partial charge is 0.343 e. The van der Waals surface area contributed by atoms with Gasteiger partial charge in [0, 0.05) is 25.6 Å². The zero-order valence-electron chi connectivity index (χ0n) is 13.6. The Hall–Kier alpha value is -0.570. The number of piperidine rings is 1. The van der Waals surface area contributed by atoms with Crippen molar-refractivity contribution in [3.8, 4) is 0 Å². The molecule has 1 amide bonds. The van der Waals surface area contributed by atoms with E-state index in [0.717, 1.165) is 38.8 Å². The number of rotatable bonds is 10. The summed E-state index contributed by atoms with van der Waals surface area (Å²) in [4.78, 5) is 14.1. The lowest BCUT2D eigenvalue weighted by Gasteiger charge is -2.31. The van der Waals surface area contributed by atoms with Crippen LogP contribution in [0.25, 0.3) is 0 Å². The molecule has 0 atom stereocenters. The third-order valence-electron chi connectivity index (χ3n) is 4.50. The summed E-state index contributed by atoms with van der Waals surface area (Å²) in [5.74, 6) is 0.380. The second-order valence-electron chi connectivity index (χ2n) is 6.17. The van der Waals surface area contributed by atoms with Gasteiger partial charge in [0.15, 0.2) is 0 Å². The van der Waals surface area contributed by atoms with Gasteiger partial charge in [-0.1, -0.05) is 51.9 Å². The van der Waals surface area contributed by atoms with E-state index in [1.807, 2.05) is 7.05 Å². The third-order valence-corrected chi connectivity index (χ3v) is 4.50. The van der Waals surface area contributed by atoms with E-state index in [-0.39, 0.29) is 0 Å². The highest BCUT2D eigenvalue weighted by atomic mass is 16.2. The fraction of sp³-hybridized carbons (Fsp3) is 0.941. The first-order valence-electron chi connectivity index (χ1n) is 8.73. The molecular weight excluding hydrogens is 248 g/mol. The molecule has 20 heavy (non-hydrogen) atoms. The van der Waals surface area contributed by atoms with Gasteiger partial charge in [-0.25, -0.2) is 0 Å². The van der Waals surface area contributed by atoms with Crippen molar-refractivity contribution >= 4 is 5.91 Å². The van der Waals surface area contributed by atoms with Crippen LogP contribution in [0, 0.1) is 0 Å². The van der Waals surface area contributed by atoms with Gasteiger partial charge in [-0.2, -0.15) is 0 Å². The molecule has 0 bridgehead atoms. The van der Waals surface area contributed by atoms with Crippen LogP contribution >= 0.6 is 0 Å².